The van der Waals surface area contributed by atoms with E-state index in [2.05, 4.69) is 23.9 Å². The molecule has 0 atom stereocenters. The first-order valence-electron chi connectivity index (χ1n) is 7.58. The third-order valence-electron chi connectivity index (χ3n) is 4.31. The lowest BCUT2D eigenvalue weighted by Crippen LogP contribution is -2.43. The number of aryl methyl sites for hydroxylation is 1. The molecule has 0 N–H and O–H groups in total. The highest BCUT2D eigenvalue weighted by Crippen LogP contribution is 2.21. The second kappa shape index (κ2) is 7.05. The molecule has 116 valence electrons. The molecule has 0 spiro atoms. The predicted octanol–water partition coefficient (Wildman–Crippen LogP) is 2.21. The van der Waals surface area contributed by atoms with Gasteiger partial charge in [0.1, 0.15) is 5.75 Å². The Morgan fingerprint density at radius 3 is 2.57 bits per heavy atom. The van der Waals surface area contributed by atoms with Crippen LogP contribution in [0.25, 0.3) is 0 Å². The number of hydrogen-bond donors (Lipinski definition) is 0. The number of rotatable bonds is 5. The van der Waals surface area contributed by atoms with E-state index in [0.717, 1.165) is 31.5 Å². The topological polar surface area (TPSA) is 32.8 Å². The van der Waals surface area contributed by atoms with Gasteiger partial charge in [-0.2, -0.15) is 0 Å². The average molecular weight is 290 g/mol. The van der Waals surface area contributed by atoms with Gasteiger partial charge in [-0.25, -0.2) is 0 Å². The largest absolute Gasteiger partial charge is 0.496 e. The highest BCUT2D eigenvalue weighted by Gasteiger charge is 2.23. The van der Waals surface area contributed by atoms with Gasteiger partial charge < -0.3 is 9.64 Å². The Labute approximate surface area is 127 Å². The van der Waals surface area contributed by atoms with Gasteiger partial charge >= 0.3 is 0 Å². The molecule has 4 nitrogen and oxygen atoms in total. The van der Waals surface area contributed by atoms with E-state index < -0.39 is 0 Å². The number of hydrogen-bond acceptors (Lipinski definition) is 4. The average Bonchev–Trinajstić information content (AvgIpc) is 2.47. The van der Waals surface area contributed by atoms with Crippen LogP contribution in [0, 0.1) is 6.92 Å². The zero-order valence-corrected chi connectivity index (χ0v) is 13.6. The van der Waals surface area contributed by atoms with Gasteiger partial charge in [0.15, 0.2) is 5.78 Å². The van der Waals surface area contributed by atoms with Crippen LogP contribution >= 0.6 is 0 Å². The van der Waals surface area contributed by atoms with Crippen molar-refractivity contribution in [2.45, 2.75) is 25.8 Å². The number of Topliss-reactive ketones (excluding diaryl/α,β-unsaturated/α-hetero) is 1. The van der Waals surface area contributed by atoms with Crippen molar-refractivity contribution in [3.05, 3.63) is 29.3 Å². The highest BCUT2D eigenvalue weighted by molar-refractivity contribution is 6.00. The molecule has 21 heavy (non-hydrogen) atoms. The quantitative estimate of drug-likeness (QED) is 0.779. The summed E-state index contributed by atoms with van der Waals surface area (Å²) in [5, 5.41) is 0. The van der Waals surface area contributed by atoms with Gasteiger partial charge in [-0.3, -0.25) is 9.69 Å². The molecule has 0 amide bonds. The lowest BCUT2D eigenvalue weighted by molar-refractivity contribution is 0.0871. The number of nitrogens with zero attached hydrogens (tertiary/aromatic N) is 2. The summed E-state index contributed by atoms with van der Waals surface area (Å²) in [7, 11) is 5.87. The molecule has 0 aliphatic carbocycles. The second-order valence-corrected chi connectivity index (χ2v) is 6.10. The lowest BCUT2D eigenvalue weighted by Gasteiger charge is -2.34. The first kappa shape index (κ1) is 16.0. The number of likely N-dealkylation sites (tertiary alicyclic amines) is 1. The number of carbonyl (C=O) groups excluding carboxylic acids is 1. The zero-order chi connectivity index (χ0) is 15.4. The van der Waals surface area contributed by atoms with Gasteiger partial charge in [-0.1, -0.05) is 6.07 Å². The monoisotopic (exact) mass is 290 g/mol. The summed E-state index contributed by atoms with van der Waals surface area (Å²) in [6, 6.07) is 6.41. The maximum Gasteiger partial charge on any atom is 0.180 e. The minimum atomic E-state index is 0.148. The van der Waals surface area contributed by atoms with Crippen molar-refractivity contribution in [1.29, 1.82) is 0 Å². The molecule has 0 aromatic heterocycles. The summed E-state index contributed by atoms with van der Waals surface area (Å²) in [5.41, 5.74) is 1.80. The van der Waals surface area contributed by atoms with Crippen molar-refractivity contribution in [3.8, 4) is 5.75 Å². The molecule has 1 aliphatic rings. The molecule has 0 bridgehead atoms. The second-order valence-electron chi connectivity index (χ2n) is 6.10. The Bertz CT molecular complexity index is 492. The van der Waals surface area contributed by atoms with E-state index >= 15 is 0 Å². The van der Waals surface area contributed by atoms with Crippen LogP contribution in [-0.2, 0) is 0 Å². The van der Waals surface area contributed by atoms with Gasteiger partial charge in [0.05, 0.1) is 19.2 Å². The molecule has 0 radical (unpaired) electrons. The molecule has 1 fully saturated rings. The van der Waals surface area contributed by atoms with Crippen molar-refractivity contribution in [1.82, 2.24) is 9.80 Å². The Morgan fingerprint density at radius 1 is 1.33 bits per heavy atom. The van der Waals surface area contributed by atoms with Crippen LogP contribution in [0.4, 0.5) is 0 Å². The highest BCUT2D eigenvalue weighted by atomic mass is 16.5. The molecule has 1 heterocycles. The van der Waals surface area contributed by atoms with Crippen molar-refractivity contribution in [2.24, 2.45) is 0 Å². The predicted molar refractivity (Wildman–Crippen MR) is 85.2 cm³/mol. The smallest absolute Gasteiger partial charge is 0.180 e. The normalized spacial score (nSPS) is 17.2. The van der Waals surface area contributed by atoms with E-state index in [1.807, 2.05) is 25.1 Å². The van der Waals surface area contributed by atoms with E-state index in [1.54, 1.807) is 7.11 Å². The lowest BCUT2D eigenvalue weighted by atomic mass is 10.0. The fourth-order valence-electron chi connectivity index (χ4n) is 2.91. The Morgan fingerprint density at radius 2 is 2.00 bits per heavy atom. The molecule has 4 heteroatoms. The van der Waals surface area contributed by atoms with E-state index in [9.17, 15) is 4.79 Å². The zero-order valence-electron chi connectivity index (χ0n) is 13.6. The number of methoxy groups -OCH3 is 1. The minimum absolute atomic E-state index is 0.148. The fraction of sp³-hybridized carbons (Fsp3) is 0.588. The summed E-state index contributed by atoms with van der Waals surface area (Å²) in [4.78, 5) is 17.0. The number of ether oxygens (including phenoxy) is 1. The van der Waals surface area contributed by atoms with Gasteiger partial charge in [-0.15, -0.1) is 0 Å². The molecular weight excluding hydrogens is 264 g/mol. The van der Waals surface area contributed by atoms with Crippen molar-refractivity contribution in [2.75, 3.05) is 40.8 Å². The first-order valence-corrected chi connectivity index (χ1v) is 7.58. The molecular formula is C17H26N2O2. The third kappa shape index (κ3) is 4.05. The van der Waals surface area contributed by atoms with Crippen molar-refractivity contribution < 1.29 is 9.53 Å². The van der Waals surface area contributed by atoms with E-state index in [-0.39, 0.29) is 5.78 Å². The van der Waals surface area contributed by atoms with Gasteiger partial charge in [0.25, 0.3) is 0 Å². The van der Waals surface area contributed by atoms with Gasteiger partial charge in [0, 0.05) is 19.1 Å². The molecule has 1 aromatic rings. The summed E-state index contributed by atoms with van der Waals surface area (Å²) in [5.74, 6) is 0.832. The summed E-state index contributed by atoms with van der Waals surface area (Å²) in [6.45, 7) is 4.47. The van der Waals surface area contributed by atoms with Gasteiger partial charge in [0.2, 0.25) is 0 Å². The van der Waals surface area contributed by atoms with E-state index in [1.165, 1.54) is 0 Å². The number of piperidine rings is 1. The van der Waals surface area contributed by atoms with E-state index in [0.29, 0.717) is 23.9 Å². The van der Waals surface area contributed by atoms with Gasteiger partial charge in [-0.05, 0) is 51.6 Å². The molecule has 0 saturated carbocycles. The van der Waals surface area contributed by atoms with Crippen LogP contribution < -0.4 is 4.74 Å². The van der Waals surface area contributed by atoms with Crippen LogP contribution in [0.5, 0.6) is 5.75 Å². The third-order valence-corrected chi connectivity index (χ3v) is 4.31. The van der Waals surface area contributed by atoms with Crippen molar-refractivity contribution >= 4 is 5.78 Å². The SMILES string of the molecule is COc1cc(C)ccc1C(=O)CN1CCC(N(C)C)CC1. The molecule has 1 saturated heterocycles. The maximum absolute atomic E-state index is 12.5. The first-order chi connectivity index (χ1) is 10.0. The maximum atomic E-state index is 12.5. The molecule has 1 aromatic carbocycles. The summed E-state index contributed by atoms with van der Waals surface area (Å²) in [6.07, 6.45) is 2.26. The standard InChI is InChI=1S/C17H26N2O2/c1-13-5-6-15(17(11-13)21-4)16(20)12-19-9-7-14(8-10-19)18(2)3/h5-6,11,14H,7-10,12H2,1-4H3. The van der Waals surface area contributed by atoms with Crippen LogP contribution in [0.3, 0.4) is 0 Å². The Balaban J connectivity index is 1.96. The van der Waals surface area contributed by atoms with Crippen LogP contribution in [0.15, 0.2) is 18.2 Å². The minimum Gasteiger partial charge on any atom is -0.496 e. The van der Waals surface area contributed by atoms with Crippen LogP contribution in [0.1, 0.15) is 28.8 Å². The Kier molecular flexibility index (Phi) is 5.37. The molecule has 2 rings (SSSR count). The van der Waals surface area contributed by atoms with Crippen molar-refractivity contribution in [3.63, 3.8) is 0 Å². The fourth-order valence-corrected chi connectivity index (χ4v) is 2.91. The number of ketones is 1. The molecule has 1 aliphatic heterocycles. The number of benzene rings is 1. The summed E-state index contributed by atoms with van der Waals surface area (Å²) >= 11 is 0. The molecule has 0 unspecified atom stereocenters. The number of carbonyl (C=O) groups is 1. The van der Waals surface area contributed by atoms with Crippen LogP contribution in [0.2, 0.25) is 0 Å². The summed E-state index contributed by atoms with van der Waals surface area (Å²) < 4.78 is 5.34. The van der Waals surface area contributed by atoms with E-state index in [4.69, 9.17) is 4.74 Å². The Hall–Kier alpha value is -1.39. The van der Waals surface area contributed by atoms with Crippen LogP contribution in [-0.4, -0.2) is 62.5 Å².